The van der Waals surface area contributed by atoms with Crippen LogP contribution in [0.25, 0.3) is 0 Å². The Morgan fingerprint density at radius 2 is 1.86 bits per heavy atom. The molecule has 2 aromatic carbocycles. The number of carbonyl (C=O) groups is 1. The highest BCUT2D eigenvalue weighted by Crippen LogP contribution is 2.42. The monoisotopic (exact) mass is 296 g/mol. The smallest absolute Gasteiger partial charge is 0.335 e. The SMILES string of the molecule is C[C@H](O)c1ccc(Cc2c(C(=O)O)cccc2C2CC2)cc1. The first-order valence-corrected chi connectivity index (χ1v) is 7.68. The largest absolute Gasteiger partial charge is 0.478 e. The van der Waals surface area contributed by atoms with Crippen LogP contribution in [0.3, 0.4) is 0 Å². The summed E-state index contributed by atoms with van der Waals surface area (Å²) in [5.74, 6) is -0.343. The number of aliphatic hydroxyl groups is 1. The average Bonchev–Trinajstić information content (AvgIpc) is 3.32. The summed E-state index contributed by atoms with van der Waals surface area (Å²) in [6.07, 6.45) is 2.44. The molecule has 1 fully saturated rings. The molecule has 0 aliphatic heterocycles. The van der Waals surface area contributed by atoms with Crippen molar-refractivity contribution >= 4 is 5.97 Å². The predicted octanol–water partition coefficient (Wildman–Crippen LogP) is 3.91. The fourth-order valence-electron chi connectivity index (χ4n) is 2.90. The van der Waals surface area contributed by atoms with Crippen molar-refractivity contribution in [1.29, 1.82) is 0 Å². The fraction of sp³-hybridized carbons (Fsp3) is 0.316. The number of carboxylic acid groups (broad SMARTS) is 1. The van der Waals surface area contributed by atoms with Crippen molar-refractivity contribution in [3.05, 3.63) is 70.3 Å². The summed E-state index contributed by atoms with van der Waals surface area (Å²) >= 11 is 0. The molecule has 2 N–H and O–H groups in total. The van der Waals surface area contributed by atoms with Gasteiger partial charge in [0.1, 0.15) is 0 Å². The van der Waals surface area contributed by atoms with E-state index in [2.05, 4.69) is 6.07 Å². The molecule has 3 rings (SSSR count). The van der Waals surface area contributed by atoms with Crippen molar-refractivity contribution < 1.29 is 15.0 Å². The zero-order chi connectivity index (χ0) is 15.7. The molecule has 3 heteroatoms. The molecule has 1 aliphatic rings. The zero-order valence-corrected chi connectivity index (χ0v) is 12.6. The molecule has 114 valence electrons. The number of rotatable bonds is 5. The third-order valence-electron chi connectivity index (χ3n) is 4.30. The molecule has 2 aromatic rings. The lowest BCUT2D eigenvalue weighted by Gasteiger charge is -2.13. The van der Waals surface area contributed by atoms with E-state index in [1.54, 1.807) is 13.0 Å². The maximum Gasteiger partial charge on any atom is 0.335 e. The Balaban J connectivity index is 1.95. The van der Waals surface area contributed by atoms with Gasteiger partial charge in [-0.1, -0.05) is 36.4 Å². The van der Waals surface area contributed by atoms with E-state index in [0.29, 0.717) is 17.9 Å². The molecule has 0 heterocycles. The summed E-state index contributed by atoms with van der Waals surface area (Å²) < 4.78 is 0. The van der Waals surface area contributed by atoms with Gasteiger partial charge in [0.05, 0.1) is 11.7 Å². The minimum atomic E-state index is -0.863. The van der Waals surface area contributed by atoms with Gasteiger partial charge in [0.25, 0.3) is 0 Å². The molecule has 0 unspecified atom stereocenters. The fourth-order valence-corrected chi connectivity index (χ4v) is 2.90. The van der Waals surface area contributed by atoms with Gasteiger partial charge in [-0.25, -0.2) is 4.79 Å². The van der Waals surface area contributed by atoms with Gasteiger partial charge in [-0.2, -0.15) is 0 Å². The number of hydrogen-bond acceptors (Lipinski definition) is 2. The van der Waals surface area contributed by atoms with Gasteiger partial charge in [0.15, 0.2) is 0 Å². The van der Waals surface area contributed by atoms with Crippen LogP contribution >= 0.6 is 0 Å². The maximum absolute atomic E-state index is 11.5. The van der Waals surface area contributed by atoms with Crippen molar-refractivity contribution in [2.45, 2.75) is 38.2 Å². The van der Waals surface area contributed by atoms with Crippen molar-refractivity contribution in [3.63, 3.8) is 0 Å². The Kier molecular flexibility index (Phi) is 3.99. The first-order chi connectivity index (χ1) is 10.6. The summed E-state index contributed by atoms with van der Waals surface area (Å²) in [4.78, 5) is 11.5. The van der Waals surface area contributed by atoms with Crippen molar-refractivity contribution in [3.8, 4) is 0 Å². The molecule has 22 heavy (non-hydrogen) atoms. The Morgan fingerprint density at radius 1 is 1.18 bits per heavy atom. The van der Waals surface area contributed by atoms with Crippen LogP contribution in [0, 0.1) is 0 Å². The van der Waals surface area contributed by atoms with E-state index >= 15 is 0 Å². The Bertz CT molecular complexity index is 682. The molecule has 1 saturated carbocycles. The van der Waals surface area contributed by atoms with Crippen LogP contribution in [0.1, 0.15) is 64.4 Å². The quantitative estimate of drug-likeness (QED) is 0.879. The first kappa shape index (κ1) is 14.8. The molecule has 0 amide bonds. The second-order valence-electron chi connectivity index (χ2n) is 6.05. The topological polar surface area (TPSA) is 57.5 Å². The van der Waals surface area contributed by atoms with Crippen LogP contribution in [0.2, 0.25) is 0 Å². The number of hydrogen-bond donors (Lipinski definition) is 2. The van der Waals surface area contributed by atoms with Crippen LogP contribution in [0.15, 0.2) is 42.5 Å². The van der Waals surface area contributed by atoms with Gasteiger partial charge in [-0.3, -0.25) is 0 Å². The van der Waals surface area contributed by atoms with Crippen molar-refractivity contribution in [1.82, 2.24) is 0 Å². The molecule has 1 atom stereocenters. The third-order valence-corrected chi connectivity index (χ3v) is 4.30. The van der Waals surface area contributed by atoms with Crippen molar-refractivity contribution in [2.24, 2.45) is 0 Å². The molecular weight excluding hydrogens is 276 g/mol. The van der Waals surface area contributed by atoms with E-state index in [-0.39, 0.29) is 0 Å². The maximum atomic E-state index is 11.5. The van der Waals surface area contributed by atoms with E-state index in [1.165, 1.54) is 5.56 Å². The van der Waals surface area contributed by atoms with Crippen LogP contribution in [0.5, 0.6) is 0 Å². The number of carboxylic acids is 1. The summed E-state index contributed by atoms with van der Waals surface area (Å²) in [6, 6.07) is 13.3. The van der Waals surface area contributed by atoms with Gasteiger partial charge in [0, 0.05) is 0 Å². The average molecular weight is 296 g/mol. The highest BCUT2D eigenvalue weighted by atomic mass is 16.4. The Morgan fingerprint density at radius 3 is 2.41 bits per heavy atom. The van der Waals surface area contributed by atoms with Gasteiger partial charge in [-0.05, 0) is 60.4 Å². The third kappa shape index (κ3) is 3.04. The van der Waals surface area contributed by atoms with Gasteiger partial charge < -0.3 is 10.2 Å². The normalized spacial score (nSPS) is 15.5. The Labute approximate surface area is 130 Å². The van der Waals surface area contributed by atoms with E-state index in [0.717, 1.165) is 29.5 Å². The highest BCUT2D eigenvalue weighted by Gasteiger charge is 2.28. The lowest BCUT2D eigenvalue weighted by Crippen LogP contribution is -2.06. The second kappa shape index (κ2) is 5.93. The standard InChI is InChI=1S/C19H20O3/c1-12(20)14-7-5-13(6-8-14)11-18-16(15-9-10-15)3-2-4-17(18)19(21)22/h2-8,12,15,20H,9-11H2,1H3,(H,21,22)/t12-/m0/s1. The lowest BCUT2D eigenvalue weighted by atomic mass is 9.92. The van der Waals surface area contributed by atoms with Crippen LogP contribution < -0.4 is 0 Å². The molecule has 0 saturated heterocycles. The zero-order valence-electron chi connectivity index (χ0n) is 12.6. The second-order valence-corrected chi connectivity index (χ2v) is 6.05. The van der Waals surface area contributed by atoms with Gasteiger partial charge >= 0.3 is 5.97 Å². The molecule has 3 nitrogen and oxygen atoms in total. The van der Waals surface area contributed by atoms with E-state index in [4.69, 9.17) is 0 Å². The number of benzene rings is 2. The van der Waals surface area contributed by atoms with E-state index < -0.39 is 12.1 Å². The van der Waals surface area contributed by atoms with Gasteiger partial charge in [0.2, 0.25) is 0 Å². The van der Waals surface area contributed by atoms with Crippen LogP contribution in [-0.2, 0) is 6.42 Å². The number of aromatic carboxylic acids is 1. The highest BCUT2D eigenvalue weighted by molar-refractivity contribution is 5.90. The summed E-state index contributed by atoms with van der Waals surface area (Å²) in [5, 5.41) is 19.0. The first-order valence-electron chi connectivity index (χ1n) is 7.68. The predicted molar refractivity (Wildman–Crippen MR) is 85.3 cm³/mol. The summed E-state index contributed by atoms with van der Waals surface area (Å²) in [6.45, 7) is 1.74. The summed E-state index contributed by atoms with van der Waals surface area (Å²) in [5.41, 5.74) is 4.46. The summed E-state index contributed by atoms with van der Waals surface area (Å²) in [7, 11) is 0. The van der Waals surface area contributed by atoms with Crippen molar-refractivity contribution in [2.75, 3.05) is 0 Å². The molecule has 0 bridgehead atoms. The number of aliphatic hydroxyl groups excluding tert-OH is 1. The van der Waals surface area contributed by atoms with Crippen LogP contribution in [0.4, 0.5) is 0 Å². The minimum absolute atomic E-state index is 0.406. The van der Waals surface area contributed by atoms with Gasteiger partial charge in [-0.15, -0.1) is 0 Å². The molecular formula is C19H20O3. The minimum Gasteiger partial charge on any atom is -0.478 e. The lowest BCUT2D eigenvalue weighted by molar-refractivity contribution is 0.0695. The van der Waals surface area contributed by atoms with E-state index in [1.807, 2.05) is 30.3 Å². The molecule has 0 aromatic heterocycles. The van der Waals surface area contributed by atoms with Crippen LogP contribution in [-0.4, -0.2) is 16.2 Å². The Hall–Kier alpha value is -2.13. The molecule has 0 spiro atoms. The molecule has 1 aliphatic carbocycles. The van der Waals surface area contributed by atoms with E-state index in [9.17, 15) is 15.0 Å². The molecule has 0 radical (unpaired) electrons.